The van der Waals surface area contributed by atoms with Crippen molar-refractivity contribution in [1.82, 2.24) is 14.6 Å². The van der Waals surface area contributed by atoms with Gasteiger partial charge in [-0.3, -0.25) is 23.7 Å². The van der Waals surface area contributed by atoms with Crippen molar-refractivity contribution in [3.8, 4) is 5.75 Å². The molecule has 1 aliphatic rings. The molecule has 1 aromatic heterocycles. The lowest BCUT2D eigenvalue weighted by Crippen LogP contribution is -2.45. The van der Waals surface area contributed by atoms with Gasteiger partial charge in [0.25, 0.3) is 5.56 Å². The van der Waals surface area contributed by atoms with E-state index < -0.39 is 74.2 Å². The van der Waals surface area contributed by atoms with Crippen LogP contribution in [-0.4, -0.2) is 56.8 Å². The Balaban J connectivity index is 2.00. The van der Waals surface area contributed by atoms with E-state index in [1.807, 2.05) is 4.98 Å². The number of rotatable bonds is 10. The second-order valence-corrected chi connectivity index (χ2v) is 10.5. The lowest BCUT2D eigenvalue weighted by molar-refractivity contribution is -0.149. The number of nitrogens with zero attached hydrogens (tertiary/aromatic N) is 1. The molecule has 2 aromatic rings. The van der Waals surface area contributed by atoms with Gasteiger partial charge in [0.1, 0.15) is 24.0 Å². The Morgan fingerprint density at radius 1 is 1.30 bits per heavy atom. The first kappa shape index (κ1) is 24.5. The van der Waals surface area contributed by atoms with Gasteiger partial charge in [0.15, 0.2) is 11.9 Å². The SMILES string of the molecule is [2H]C([2H])([2H])C(O[P@@](=O)(N[C@@H](C)C(=O)OC(C)C)Oc1ccccc1)[C@H]1O[C@@H](n2ccc(=O)[nH]c2=O)[C@](C)(F)[C@@H]1O. The molecule has 3 rings (SSSR count). The molecule has 204 valence electrons. The molecule has 1 unspecified atom stereocenters. The number of aliphatic hydroxyl groups is 1. The minimum absolute atomic E-state index is 0.0343. The van der Waals surface area contributed by atoms with Gasteiger partial charge in [-0.25, -0.2) is 13.8 Å². The summed E-state index contributed by atoms with van der Waals surface area (Å²) in [6.45, 7) is 2.10. The Hall–Kier alpha value is -2.83. The fourth-order valence-electron chi connectivity index (χ4n) is 3.54. The normalized spacial score (nSPS) is 28.4. The van der Waals surface area contributed by atoms with Crippen LogP contribution in [0.25, 0.3) is 0 Å². The monoisotopic (exact) mass is 546 g/mol. The van der Waals surface area contributed by atoms with Crippen molar-refractivity contribution in [3.63, 3.8) is 0 Å². The number of ether oxygens (including phenoxy) is 2. The molecule has 1 saturated heterocycles. The Morgan fingerprint density at radius 3 is 2.57 bits per heavy atom. The van der Waals surface area contributed by atoms with E-state index in [2.05, 4.69) is 5.09 Å². The molecule has 2 heterocycles. The second kappa shape index (κ2) is 11.3. The molecular weight excluding hydrogens is 512 g/mol. The number of aliphatic hydroxyl groups excluding tert-OH is 1. The third-order valence-corrected chi connectivity index (χ3v) is 7.00. The summed E-state index contributed by atoms with van der Waals surface area (Å²) in [5.41, 5.74) is -4.65. The largest absolute Gasteiger partial charge is 0.462 e. The number of nitrogens with one attached hydrogen (secondary N) is 2. The predicted molar refractivity (Wildman–Crippen MR) is 130 cm³/mol. The van der Waals surface area contributed by atoms with E-state index in [-0.39, 0.29) is 5.75 Å². The standard InChI is InChI=1S/C23H31FN3O9P/c1-13(2)33-20(30)14(3)26-37(32,36-16-9-7-6-8-10-16)35-15(4)18-19(29)23(5,24)21(34-18)27-12-11-17(28)25-22(27)31/h6-15,18-19,21,29H,1-5H3,(H,26,32)(H,25,28,31)/t14-,15?,18+,19+,21+,23+,37-/m0/s1/i4D3. The highest BCUT2D eigenvalue weighted by atomic mass is 31.2. The van der Waals surface area contributed by atoms with E-state index in [1.165, 1.54) is 31.2 Å². The summed E-state index contributed by atoms with van der Waals surface area (Å²) in [6.07, 6.45) is -8.09. The van der Waals surface area contributed by atoms with E-state index in [9.17, 15) is 24.1 Å². The maximum absolute atomic E-state index is 15.8. The number of H-pyrrole nitrogens is 1. The van der Waals surface area contributed by atoms with Gasteiger partial charge in [0.05, 0.1) is 12.2 Å². The van der Waals surface area contributed by atoms with Gasteiger partial charge in [0.2, 0.25) is 0 Å². The summed E-state index contributed by atoms with van der Waals surface area (Å²) in [4.78, 5) is 38.1. The van der Waals surface area contributed by atoms with Crippen molar-refractivity contribution in [3.05, 3.63) is 63.4 Å². The van der Waals surface area contributed by atoms with Crippen LogP contribution in [0.2, 0.25) is 0 Å². The van der Waals surface area contributed by atoms with E-state index in [4.69, 9.17) is 22.6 Å². The zero-order valence-corrected chi connectivity index (χ0v) is 21.4. The van der Waals surface area contributed by atoms with Crippen molar-refractivity contribution >= 4 is 13.7 Å². The number of alkyl halides is 1. The van der Waals surface area contributed by atoms with E-state index in [0.29, 0.717) is 4.57 Å². The lowest BCUT2D eigenvalue weighted by atomic mass is 9.96. The maximum Gasteiger partial charge on any atom is 0.459 e. The van der Waals surface area contributed by atoms with Crippen LogP contribution in [0.3, 0.4) is 0 Å². The molecule has 1 fully saturated rings. The highest BCUT2D eigenvalue weighted by Gasteiger charge is 2.57. The van der Waals surface area contributed by atoms with E-state index in [0.717, 1.165) is 19.2 Å². The van der Waals surface area contributed by atoms with Crippen molar-refractivity contribution in [1.29, 1.82) is 0 Å². The molecular formula is C23H31FN3O9P. The Kier molecular flexibility index (Phi) is 7.47. The van der Waals surface area contributed by atoms with Gasteiger partial charge in [-0.2, -0.15) is 5.09 Å². The molecule has 1 aliphatic heterocycles. The number of carbonyl (C=O) groups is 1. The van der Waals surface area contributed by atoms with Gasteiger partial charge in [0, 0.05) is 16.4 Å². The number of esters is 1. The predicted octanol–water partition coefficient (Wildman–Crippen LogP) is 2.05. The van der Waals surface area contributed by atoms with Gasteiger partial charge >= 0.3 is 19.4 Å². The zero-order valence-electron chi connectivity index (χ0n) is 23.5. The average molecular weight is 547 g/mol. The second-order valence-electron chi connectivity index (χ2n) is 8.83. The summed E-state index contributed by atoms with van der Waals surface area (Å²) in [5.74, 6) is -0.889. The lowest BCUT2D eigenvalue weighted by Gasteiger charge is -2.29. The molecule has 0 bridgehead atoms. The molecule has 37 heavy (non-hydrogen) atoms. The molecule has 3 N–H and O–H groups in total. The van der Waals surface area contributed by atoms with Crippen LogP contribution in [0.1, 0.15) is 44.9 Å². The first-order valence-electron chi connectivity index (χ1n) is 12.8. The number of halogens is 1. The highest BCUT2D eigenvalue weighted by molar-refractivity contribution is 7.52. The molecule has 0 radical (unpaired) electrons. The number of aromatic nitrogens is 2. The van der Waals surface area contributed by atoms with Crippen LogP contribution in [0.5, 0.6) is 5.75 Å². The summed E-state index contributed by atoms with van der Waals surface area (Å²) in [7, 11) is -4.82. The zero-order chi connectivity index (χ0) is 30.0. The third-order valence-electron chi connectivity index (χ3n) is 5.34. The van der Waals surface area contributed by atoms with Crippen molar-refractivity contribution in [2.24, 2.45) is 0 Å². The van der Waals surface area contributed by atoms with Gasteiger partial charge in [-0.15, -0.1) is 0 Å². The van der Waals surface area contributed by atoms with Crippen LogP contribution >= 0.6 is 7.75 Å². The summed E-state index contributed by atoms with van der Waals surface area (Å²) >= 11 is 0. The molecule has 12 nitrogen and oxygen atoms in total. The van der Waals surface area contributed by atoms with Gasteiger partial charge in [-0.1, -0.05) is 18.2 Å². The molecule has 0 aliphatic carbocycles. The Bertz CT molecular complexity index is 1350. The van der Waals surface area contributed by atoms with Gasteiger partial charge < -0.3 is 19.1 Å². The molecule has 7 atom stereocenters. The fraction of sp³-hybridized carbons (Fsp3) is 0.522. The van der Waals surface area contributed by atoms with E-state index in [1.54, 1.807) is 19.9 Å². The molecule has 14 heteroatoms. The Morgan fingerprint density at radius 2 is 1.97 bits per heavy atom. The smallest absolute Gasteiger partial charge is 0.459 e. The summed E-state index contributed by atoms with van der Waals surface area (Å²) in [5, 5.41) is 13.2. The van der Waals surface area contributed by atoms with E-state index >= 15 is 4.39 Å². The summed E-state index contributed by atoms with van der Waals surface area (Å²) in [6, 6.07) is 7.03. The van der Waals surface area contributed by atoms with Crippen LogP contribution in [0.4, 0.5) is 4.39 Å². The van der Waals surface area contributed by atoms with Crippen LogP contribution in [0, 0.1) is 0 Å². The van der Waals surface area contributed by atoms with Crippen LogP contribution in [0.15, 0.2) is 52.2 Å². The number of para-hydroxylation sites is 1. The minimum atomic E-state index is -4.82. The van der Waals surface area contributed by atoms with Crippen molar-refractivity contribution < 1.29 is 41.5 Å². The number of hydrogen-bond acceptors (Lipinski definition) is 9. The average Bonchev–Trinajstić information content (AvgIpc) is 3.05. The fourth-order valence-corrected chi connectivity index (χ4v) is 5.10. The first-order valence-corrected chi connectivity index (χ1v) is 12.8. The molecule has 0 spiro atoms. The van der Waals surface area contributed by atoms with Crippen molar-refractivity contribution in [2.75, 3.05) is 0 Å². The van der Waals surface area contributed by atoms with Crippen LogP contribution < -0.4 is 20.9 Å². The molecule has 0 saturated carbocycles. The number of hydrogen-bond donors (Lipinski definition) is 3. The number of benzene rings is 1. The van der Waals surface area contributed by atoms with Gasteiger partial charge in [-0.05, 0) is 46.7 Å². The molecule has 1 aromatic carbocycles. The van der Waals surface area contributed by atoms with Crippen LogP contribution in [-0.2, 0) is 23.4 Å². The molecule has 0 amide bonds. The van der Waals surface area contributed by atoms with Crippen molar-refractivity contribution in [2.45, 2.75) is 76.9 Å². The first-order chi connectivity index (χ1) is 18.4. The highest BCUT2D eigenvalue weighted by Crippen LogP contribution is 2.49. The quantitative estimate of drug-likeness (QED) is 0.297. The summed E-state index contributed by atoms with van der Waals surface area (Å²) < 4.78 is 76.0. The Labute approximate surface area is 216 Å². The number of carbonyl (C=O) groups excluding carboxylic acids is 1. The minimum Gasteiger partial charge on any atom is -0.462 e. The number of aromatic amines is 1. The maximum atomic E-state index is 15.8. The topological polar surface area (TPSA) is 158 Å². The third kappa shape index (κ3) is 6.74.